The monoisotopic (exact) mass is 376 g/mol. The Balaban J connectivity index is 1.58. The van der Waals surface area contributed by atoms with Crippen LogP contribution in [0.5, 0.6) is 0 Å². The van der Waals surface area contributed by atoms with Crippen LogP contribution in [-0.4, -0.2) is 40.1 Å². The molecular formula is C23H24N2O3. The number of imide groups is 1. The highest BCUT2D eigenvalue weighted by Gasteiger charge is 2.37. The van der Waals surface area contributed by atoms with Crippen molar-refractivity contribution in [2.24, 2.45) is 0 Å². The standard InChI is InChI=1S/C23H24N2O3/c1-2-3-13-24-22(27)19-12-9-17(14-20(19)23(24)28)21(26)25(18-10-11-18)15-16-7-5-4-6-8-16/h4-9,12,14,18H,2-3,10-11,13,15H2,1H3. The summed E-state index contributed by atoms with van der Waals surface area (Å²) in [6.07, 6.45) is 3.70. The minimum absolute atomic E-state index is 0.0820. The maximum Gasteiger partial charge on any atom is 0.261 e. The van der Waals surface area contributed by atoms with Gasteiger partial charge in [-0.3, -0.25) is 19.3 Å². The molecule has 144 valence electrons. The van der Waals surface area contributed by atoms with Gasteiger partial charge in [0, 0.05) is 24.7 Å². The maximum absolute atomic E-state index is 13.2. The van der Waals surface area contributed by atoms with Crippen molar-refractivity contribution in [2.45, 2.75) is 45.2 Å². The molecule has 0 spiro atoms. The van der Waals surface area contributed by atoms with E-state index in [0.29, 0.717) is 29.8 Å². The lowest BCUT2D eigenvalue weighted by atomic mass is 10.0. The second-order valence-electron chi connectivity index (χ2n) is 7.53. The second-order valence-corrected chi connectivity index (χ2v) is 7.53. The zero-order chi connectivity index (χ0) is 19.7. The highest BCUT2D eigenvalue weighted by atomic mass is 16.2. The van der Waals surface area contributed by atoms with E-state index in [1.807, 2.05) is 42.2 Å². The average Bonchev–Trinajstić information content (AvgIpc) is 3.53. The molecule has 2 aromatic carbocycles. The molecule has 2 aliphatic rings. The Morgan fingerprint density at radius 3 is 2.43 bits per heavy atom. The SMILES string of the molecule is CCCCN1C(=O)c2ccc(C(=O)N(Cc3ccccc3)C3CC3)cc2C1=O. The highest BCUT2D eigenvalue weighted by Crippen LogP contribution is 2.31. The molecule has 0 unspecified atom stereocenters. The largest absolute Gasteiger partial charge is 0.331 e. The predicted octanol–water partition coefficient (Wildman–Crippen LogP) is 3.89. The van der Waals surface area contributed by atoms with Gasteiger partial charge in [0.2, 0.25) is 0 Å². The molecule has 28 heavy (non-hydrogen) atoms. The van der Waals surface area contributed by atoms with E-state index in [1.54, 1.807) is 18.2 Å². The summed E-state index contributed by atoms with van der Waals surface area (Å²) in [6.45, 7) is 3.00. The Morgan fingerprint density at radius 1 is 1.04 bits per heavy atom. The molecular weight excluding hydrogens is 352 g/mol. The number of hydrogen-bond acceptors (Lipinski definition) is 3. The molecule has 1 heterocycles. The third-order valence-electron chi connectivity index (χ3n) is 5.40. The van der Waals surface area contributed by atoms with Gasteiger partial charge in [0.1, 0.15) is 0 Å². The van der Waals surface area contributed by atoms with E-state index < -0.39 is 0 Å². The summed E-state index contributed by atoms with van der Waals surface area (Å²) in [5.74, 6) is -0.624. The first kappa shape index (κ1) is 18.4. The molecule has 4 rings (SSSR count). The van der Waals surface area contributed by atoms with Gasteiger partial charge in [0.05, 0.1) is 11.1 Å². The van der Waals surface area contributed by atoms with Crippen LogP contribution in [-0.2, 0) is 6.54 Å². The first-order valence-corrected chi connectivity index (χ1v) is 9.95. The number of carbonyl (C=O) groups excluding carboxylic acids is 3. The Hall–Kier alpha value is -2.95. The van der Waals surface area contributed by atoms with Gasteiger partial charge in [-0.1, -0.05) is 43.7 Å². The number of unbranched alkanes of at least 4 members (excludes halogenated alkanes) is 1. The maximum atomic E-state index is 13.2. The van der Waals surface area contributed by atoms with E-state index in [-0.39, 0.29) is 23.8 Å². The Labute approximate surface area is 164 Å². The Bertz CT molecular complexity index is 919. The van der Waals surface area contributed by atoms with Gasteiger partial charge >= 0.3 is 0 Å². The van der Waals surface area contributed by atoms with Crippen molar-refractivity contribution in [3.05, 3.63) is 70.8 Å². The summed E-state index contributed by atoms with van der Waals surface area (Å²) in [6, 6.07) is 15.1. The van der Waals surface area contributed by atoms with E-state index in [9.17, 15) is 14.4 Å². The van der Waals surface area contributed by atoms with Crippen LogP contribution in [0.1, 0.15) is 69.2 Å². The van der Waals surface area contributed by atoms with E-state index >= 15 is 0 Å². The van der Waals surface area contributed by atoms with Crippen molar-refractivity contribution in [1.82, 2.24) is 9.80 Å². The molecule has 5 heteroatoms. The van der Waals surface area contributed by atoms with Crippen LogP contribution in [0.25, 0.3) is 0 Å². The molecule has 0 saturated heterocycles. The first-order chi connectivity index (χ1) is 13.6. The lowest BCUT2D eigenvalue weighted by Crippen LogP contribution is -2.32. The van der Waals surface area contributed by atoms with Crippen LogP contribution in [0.4, 0.5) is 0 Å². The van der Waals surface area contributed by atoms with E-state index in [1.165, 1.54) is 4.90 Å². The molecule has 1 aliphatic carbocycles. The second kappa shape index (κ2) is 7.58. The van der Waals surface area contributed by atoms with Crippen LogP contribution in [0.3, 0.4) is 0 Å². The quantitative estimate of drug-likeness (QED) is 0.689. The summed E-state index contributed by atoms with van der Waals surface area (Å²) in [7, 11) is 0. The van der Waals surface area contributed by atoms with Crippen LogP contribution in [0, 0.1) is 0 Å². The highest BCUT2D eigenvalue weighted by molar-refractivity contribution is 6.22. The first-order valence-electron chi connectivity index (χ1n) is 9.95. The van der Waals surface area contributed by atoms with Crippen LogP contribution in [0.2, 0.25) is 0 Å². The molecule has 1 fully saturated rings. The molecule has 5 nitrogen and oxygen atoms in total. The number of hydrogen-bond donors (Lipinski definition) is 0. The van der Waals surface area contributed by atoms with E-state index in [2.05, 4.69) is 0 Å². The van der Waals surface area contributed by atoms with Crippen LogP contribution >= 0.6 is 0 Å². The fourth-order valence-corrected chi connectivity index (χ4v) is 3.64. The van der Waals surface area contributed by atoms with Gasteiger partial charge in [-0.15, -0.1) is 0 Å². The molecule has 2 aromatic rings. The lowest BCUT2D eigenvalue weighted by Gasteiger charge is -2.23. The number of nitrogens with zero attached hydrogens (tertiary/aromatic N) is 2. The summed E-state index contributed by atoms with van der Waals surface area (Å²) in [5, 5.41) is 0. The molecule has 1 aliphatic heterocycles. The van der Waals surface area contributed by atoms with Crippen LogP contribution in [0.15, 0.2) is 48.5 Å². The minimum Gasteiger partial charge on any atom is -0.331 e. The number of carbonyl (C=O) groups is 3. The van der Waals surface area contributed by atoms with Gasteiger partial charge in [-0.05, 0) is 43.0 Å². The normalized spacial score (nSPS) is 15.7. The molecule has 1 saturated carbocycles. The summed E-state index contributed by atoms with van der Waals surface area (Å²) in [4.78, 5) is 41.5. The van der Waals surface area contributed by atoms with Crippen molar-refractivity contribution in [2.75, 3.05) is 6.54 Å². The zero-order valence-electron chi connectivity index (χ0n) is 16.1. The van der Waals surface area contributed by atoms with Gasteiger partial charge in [0.15, 0.2) is 0 Å². The van der Waals surface area contributed by atoms with E-state index in [0.717, 1.165) is 31.2 Å². The molecule has 3 amide bonds. The average molecular weight is 376 g/mol. The number of rotatable bonds is 7. The molecule has 0 bridgehead atoms. The number of benzene rings is 2. The molecule has 0 radical (unpaired) electrons. The molecule has 0 atom stereocenters. The smallest absolute Gasteiger partial charge is 0.261 e. The van der Waals surface area contributed by atoms with Crippen molar-refractivity contribution >= 4 is 17.7 Å². The third kappa shape index (κ3) is 3.44. The fraction of sp³-hybridized carbons (Fsp3) is 0.348. The van der Waals surface area contributed by atoms with Crippen molar-refractivity contribution < 1.29 is 14.4 Å². The van der Waals surface area contributed by atoms with Crippen molar-refractivity contribution in [3.8, 4) is 0 Å². The summed E-state index contributed by atoms with van der Waals surface area (Å²) in [5.41, 5.74) is 2.31. The topological polar surface area (TPSA) is 57.7 Å². The van der Waals surface area contributed by atoms with Crippen LogP contribution < -0.4 is 0 Å². The van der Waals surface area contributed by atoms with Gasteiger partial charge in [0.25, 0.3) is 17.7 Å². The lowest BCUT2D eigenvalue weighted by molar-refractivity contribution is 0.0651. The van der Waals surface area contributed by atoms with Gasteiger partial charge < -0.3 is 4.90 Å². The molecule has 0 aromatic heterocycles. The third-order valence-corrected chi connectivity index (χ3v) is 5.40. The van der Waals surface area contributed by atoms with E-state index in [4.69, 9.17) is 0 Å². The fourth-order valence-electron chi connectivity index (χ4n) is 3.64. The Kier molecular flexibility index (Phi) is 4.99. The van der Waals surface area contributed by atoms with Gasteiger partial charge in [-0.25, -0.2) is 0 Å². The predicted molar refractivity (Wildman–Crippen MR) is 106 cm³/mol. The summed E-state index contributed by atoms with van der Waals surface area (Å²) >= 11 is 0. The van der Waals surface area contributed by atoms with Gasteiger partial charge in [-0.2, -0.15) is 0 Å². The molecule has 0 N–H and O–H groups in total. The minimum atomic E-state index is -0.288. The summed E-state index contributed by atoms with van der Waals surface area (Å²) < 4.78 is 0. The Morgan fingerprint density at radius 2 is 1.75 bits per heavy atom. The zero-order valence-corrected chi connectivity index (χ0v) is 16.1. The van der Waals surface area contributed by atoms with Crippen molar-refractivity contribution in [1.29, 1.82) is 0 Å². The number of amides is 3. The number of fused-ring (bicyclic) bond motifs is 1. The van der Waals surface area contributed by atoms with Crippen molar-refractivity contribution in [3.63, 3.8) is 0 Å².